The Labute approximate surface area is 114 Å². The Balaban J connectivity index is 2.16. The molecule has 19 heavy (non-hydrogen) atoms. The van der Waals surface area contributed by atoms with Crippen LogP contribution in [0.3, 0.4) is 0 Å². The molecule has 100 valence electrons. The standard InChI is InChI=1S/C13H13ClN2O3/c1-8(13(18)19)15-12(17)7-16-6-5-9-10(14)3-2-4-11(9)16/h2-6,8H,7H2,1H3,(H,15,17)(H,18,19)/t8-/m0/s1. The second-order valence-electron chi connectivity index (χ2n) is 4.24. The minimum Gasteiger partial charge on any atom is -0.480 e. The first-order chi connectivity index (χ1) is 8.99. The van der Waals surface area contributed by atoms with Gasteiger partial charge < -0.3 is 15.0 Å². The van der Waals surface area contributed by atoms with Gasteiger partial charge in [0.2, 0.25) is 5.91 Å². The minimum absolute atomic E-state index is 0.0570. The van der Waals surface area contributed by atoms with Gasteiger partial charge in [0.05, 0.1) is 0 Å². The number of hydrogen-bond acceptors (Lipinski definition) is 2. The number of rotatable bonds is 4. The number of aromatic nitrogens is 1. The molecule has 0 aliphatic carbocycles. The normalized spacial score (nSPS) is 12.3. The molecule has 1 amide bonds. The average molecular weight is 281 g/mol. The number of benzene rings is 1. The van der Waals surface area contributed by atoms with Crippen molar-refractivity contribution in [1.82, 2.24) is 9.88 Å². The van der Waals surface area contributed by atoms with Crippen molar-refractivity contribution in [2.24, 2.45) is 0 Å². The molecular weight excluding hydrogens is 268 g/mol. The Morgan fingerprint density at radius 2 is 2.16 bits per heavy atom. The molecule has 0 saturated heterocycles. The molecule has 2 N–H and O–H groups in total. The highest BCUT2D eigenvalue weighted by Gasteiger charge is 2.14. The summed E-state index contributed by atoms with van der Waals surface area (Å²) in [5.74, 6) is -1.42. The monoisotopic (exact) mass is 280 g/mol. The molecule has 2 aromatic rings. The number of nitrogens with one attached hydrogen (secondary N) is 1. The summed E-state index contributed by atoms with van der Waals surface area (Å²) in [4.78, 5) is 22.4. The zero-order valence-electron chi connectivity index (χ0n) is 10.3. The number of fused-ring (bicyclic) bond motifs is 1. The highest BCUT2D eigenvalue weighted by molar-refractivity contribution is 6.35. The van der Waals surface area contributed by atoms with Crippen molar-refractivity contribution in [2.75, 3.05) is 0 Å². The SMILES string of the molecule is C[C@H](NC(=O)Cn1ccc2c(Cl)cccc21)C(=O)O. The molecule has 0 radical (unpaired) electrons. The third-order valence-electron chi connectivity index (χ3n) is 2.82. The van der Waals surface area contributed by atoms with Gasteiger partial charge in [0.1, 0.15) is 12.6 Å². The van der Waals surface area contributed by atoms with Crippen LogP contribution in [0.25, 0.3) is 10.9 Å². The molecule has 0 spiro atoms. The molecule has 6 heteroatoms. The van der Waals surface area contributed by atoms with E-state index in [4.69, 9.17) is 16.7 Å². The predicted octanol–water partition coefficient (Wildman–Crippen LogP) is 1.88. The van der Waals surface area contributed by atoms with Crippen LogP contribution in [0.2, 0.25) is 5.02 Å². The molecule has 0 fully saturated rings. The molecule has 0 aliphatic heterocycles. The van der Waals surface area contributed by atoms with Gasteiger partial charge in [-0.1, -0.05) is 17.7 Å². The van der Waals surface area contributed by atoms with Crippen molar-refractivity contribution in [3.05, 3.63) is 35.5 Å². The van der Waals surface area contributed by atoms with Gasteiger partial charge in [0.15, 0.2) is 0 Å². The van der Waals surface area contributed by atoms with Crippen molar-refractivity contribution >= 4 is 34.4 Å². The van der Waals surface area contributed by atoms with Gasteiger partial charge in [-0.3, -0.25) is 9.59 Å². The van der Waals surface area contributed by atoms with E-state index < -0.39 is 12.0 Å². The fraction of sp³-hybridized carbons (Fsp3) is 0.231. The third kappa shape index (κ3) is 2.88. The minimum atomic E-state index is -1.06. The Hall–Kier alpha value is -2.01. The quantitative estimate of drug-likeness (QED) is 0.898. The number of carboxylic acids is 1. The van der Waals surface area contributed by atoms with E-state index in [9.17, 15) is 9.59 Å². The Kier molecular flexibility index (Phi) is 3.76. The van der Waals surface area contributed by atoms with Gasteiger partial charge in [-0.25, -0.2) is 0 Å². The molecule has 1 heterocycles. The first-order valence-corrected chi connectivity index (χ1v) is 6.12. The second kappa shape index (κ2) is 5.32. The number of carbonyl (C=O) groups is 2. The van der Waals surface area contributed by atoms with Crippen LogP contribution in [0.4, 0.5) is 0 Å². The van der Waals surface area contributed by atoms with E-state index in [0.717, 1.165) is 10.9 Å². The predicted molar refractivity (Wildman–Crippen MR) is 72.2 cm³/mol. The molecule has 0 saturated carbocycles. The molecule has 0 bridgehead atoms. The van der Waals surface area contributed by atoms with E-state index in [-0.39, 0.29) is 12.5 Å². The van der Waals surface area contributed by atoms with Crippen molar-refractivity contribution < 1.29 is 14.7 Å². The summed E-state index contributed by atoms with van der Waals surface area (Å²) in [7, 11) is 0. The highest BCUT2D eigenvalue weighted by atomic mass is 35.5. The molecule has 1 atom stereocenters. The van der Waals surface area contributed by atoms with E-state index in [1.54, 1.807) is 22.9 Å². The summed E-state index contributed by atoms with van der Waals surface area (Å²) in [5.41, 5.74) is 0.839. The molecule has 5 nitrogen and oxygen atoms in total. The van der Waals surface area contributed by atoms with Crippen LogP contribution in [0.15, 0.2) is 30.5 Å². The van der Waals surface area contributed by atoms with Crippen LogP contribution in [0.5, 0.6) is 0 Å². The van der Waals surface area contributed by atoms with E-state index in [0.29, 0.717) is 5.02 Å². The fourth-order valence-electron chi connectivity index (χ4n) is 1.83. The molecule has 2 rings (SSSR count). The third-order valence-corrected chi connectivity index (χ3v) is 3.15. The second-order valence-corrected chi connectivity index (χ2v) is 4.65. The number of carboxylic acid groups (broad SMARTS) is 1. The lowest BCUT2D eigenvalue weighted by atomic mass is 10.2. The Bertz CT molecular complexity index is 636. The van der Waals surface area contributed by atoms with Crippen molar-refractivity contribution in [3.63, 3.8) is 0 Å². The average Bonchev–Trinajstić information content (AvgIpc) is 2.73. The Morgan fingerprint density at radius 1 is 1.42 bits per heavy atom. The number of hydrogen-bond donors (Lipinski definition) is 2. The van der Waals surface area contributed by atoms with Gasteiger partial charge in [-0.2, -0.15) is 0 Å². The van der Waals surface area contributed by atoms with Crippen LogP contribution < -0.4 is 5.32 Å². The number of carbonyl (C=O) groups excluding carboxylic acids is 1. The fourth-order valence-corrected chi connectivity index (χ4v) is 2.06. The number of amides is 1. The summed E-state index contributed by atoms with van der Waals surface area (Å²) in [6.45, 7) is 1.48. The van der Waals surface area contributed by atoms with Crippen molar-refractivity contribution in [3.8, 4) is 0 Å². The number of nitrogens with zero attached hydrogens (tertiary/aromatic N) is 1. The molecular formula is C13H13ClN2O3. The number of aliphatic carboxylic acids is 1. The first-order valence-electron chi connectivity index (χ1n) is 5.74. The van der Waals surface area contributed by atoms with Crippen molar-refractivity contribution in [2.45, 2.75) is 19.5 Å². The smallest absolute Gasteiger partial charge is 0.325 e. The zero-order valence-corrected chi connectivity index (χ0v) is 11.0. The summed E-state index contributed by atoms with van der Waals surface area (Å²) in [6, 6.07) is 6.36. The van der Waals surface area contributed by atoms with Crippen LogP contribution in [-0.4, -0.2) is 27.6 Å². The first kappa shape index (κ1) is 13.4. The van der Waals surface area contributed by atoms with Gasteiger partial charge in [0.25, 0.3) is 0 Å². The van der Waals surface area contributed by atoms with Crippen LogP contribution in [0, 0.1) is 0 Å². The van der Waals surface area contributed by atoms with Crippen molar-refractivity contribution in [1.29, 1.82) is 0 Å². The van der Waals surface area contributed by atoms with Crippen LogP contribution in [0.1, 0.15) is 6.92 Å². The lowest BCUT2D eigenvalue weighted by molar-refractivity contribution is -0.141. The molecule has 0 aliphatic rings. The van der Waals surface area contributed by atoms with Crippen LogP contribution >= 0.6 is 11.6 Å². The summed E-state index contributed by atoms with van der Waals surface area (Å²) < 4.78 is 1.73. The summed E-state index contributed by atoms with van der Waals surface area (Å²) in [6.07, 6.45) is 1.75. The van der Waals surface area contributed by atoms with Gasteiger partial charge in [-0.05, 0) is 25.1 Å². The molecule has 1 aromatic heterocycles. The topological polar surface area (TPSA) is 71.3 Å². The van der Waals surface area contributed by atoms with Crippen LogP contribution in [-0.2, 0) is 16.1 Å². The largest absolute Gasteiger partial charge is 0.480 e. The zero-order chi connectivity index (χ0) is 14.0. The molecule has 0 unspecified atom stereocenters. The van der Waals surface area contributed by atoms with Gasteiger partial charge in [0, 0.05) is 22.1 Å². The van der Waals surface area contributed by atoms with Gasteiger partial charge in [-0.15, -0.1) is 0 Å². The number of halogens is 1. The van der Waals surface area contributed by atoms with E-state index in [1.165, 1.54) is 6.92 Å². The van der Waals surface area contributed by atoms with Gasteiger partial charge >= 0.3 is 5.97 Å². The van der Waals surface area contributed by atoms with E-state index in [2.05, 4.69) is 5.32 Å². The summed E-state index contributed by atoms with van der Waals surface area (Å²) >= 11 is 6.04. The summed E-state index contributed by atoms with van der Waals surface area (Å²) in [5, 5.41) is 12.6. The highest BCUT2D eigenvalue weighted by Crippen LogP contribution is 2.23. The Morgan fingerprint density at radius 3 is 2.84 bits per heavy atom. The maximum atomic E-state index is 11.7. The maximum Gasteiger partial charge on any atom is 0.325 e. The van der Waals surface area contributed by atoms with E-state index >= 15 is 0 Å². The lowest BCUT2D eigenvalue weighted by Gasteiger charge is -2.10. The molecule has 1 aromatic carbocycles. The lowest BCUT2D eigenvalue weighted by Crippen LogP contribution is -2.39. The van der Waals surface area contributed by atoms with E-state index in [1.807, 2.05) is 12.1 Å². The maximum absolute atomic E-state index is 11.7.